The fourth-order valence-corrected chi connectivity index (χ4v) is 2.51. The summed E-state index contributed by atoms with van der Waals surface area (Å²) in [6, 6.07) is 7.30. The molecule has 102 valence electrons. The van der Waals surface area contributed by atoms with Crippen LogP contribution in [0.15, 0.2) is 40.9 Å². The minimum atomic E-state index is -0.599. The minimum absolute atomic E-state index is 0.415. The summed E-state index contributed by atoms with van der Waals surface area (Å²) in [6.07, 6.45) is 1.11. The molecule has 0 aliphatic rings. The minimum Gasteiger partial charge on any atom is -0.457 e. The molecule has 20 heavy (non-hydrogen) atoms. The second kappa shape index (κ2) is 5.05. The molecule has 1 unspecified atom stereocenters. The number of pyridine rings is 1. The van der Waals surface area contributed by atoms with Crippen molar-refractivity contribution in [3.8, 4) is 0 Å². The van der Waals surface area contributed by atoms with E-state index in [-0.39, 0.29) is 0 Å². The van der Waals surface area contributed by atoms with Crippen LogP contribution in [0.25, 0.3) is 11.0 Å². The Kier molecular flexibility index (Phi) is 3.38. The van der Waals surface area contributed by atoms with E-state index in [1.54, 1.807) is 18.2 Å². The number of hydrogen-bond donors (Lipinski definition) is 1. The Morgan fingerprint density at radius 2 is 2.00 bits per heavy atom. The van der Waals surface area contributed by atoms with E-state index in [2.05, 4.69) is 4.98 Å². The molecule has 3 aromatic rings. The van der Waals surface area contributed by atoms with Gasteiger partial charge in [-0.25, -0.2) is 4.39 Å². The van der Waals surface area contributed by atoms with Gasteiger partial charge in [0.15, 0.2) is 5.58 Å². The predicted molar refractivity (Wildman–Crippen MR) is 76.5 cm³/mol. The van der Waals surface area contributed by atoms with Crippen molar-refractivity contribution in [2.45, 2.75) is 6.04 Å². The van der Waals surface area contributed by atoms with E-state index in [4.69, 9.17) is 33.4 Å². The Morgan fingerprint density at radius 1 is 1.20 bits per heavy atom. The number of benzene rings is 1. The van der Waals surface area contributed by atoms with Gasteiger partial charge in [-0.15, -0.1) is 0 Å². The lowest BCUT2D eigenvalue weighted by atomic mass is 10.1. The predicted octanol–water partition coefficient (Wildman–Crippen LogP) is 4.32. The smallest absolute Gasteiger partial charge is 0.153 e. The van der Waals surface area contributed by atoms with Crippen LogP contribution < -0.4 is 5.73 Å². The summed E-state index contributed by atoms with van der Waals surface area (Å²) in [5.74, 6) is 0.0728. The molecule has 6 heteroatoms. The summed E-state index contributed by atoms with van der Waals surface area (Å²) in [5, 5.41) is 1.69. The molecule has 2 heterocycles. The van der Waals surface area contributed by atoms with Crippen molar-refractivity contribution in [2.24, 2.45) is 5.73 Å². The zero-order valence-electron chi connectivity index (χ0n) is 10.1. The van der Waals surface area contributed by atoms with Crippen molar-refractivity contribution in [1.29, 1.82) is 0 Å². The summed E-state index contributed by atoms with van der Waals surface area (Å²) >= 11 is 12.0. The van der Waals surface area contributed by atoms with Crippen LogP contribution in [0, 0.1) is 5.82 Å². The third-order valence-electron chi connectivity index (χ3n) is 2.93. The molecule has 0 aliphatic heterocycles. The van der Waals surface area contributed by atoms with Crippen LogP contribution in [0.4, 0.5) is 4.39 Å². The standard InChI is InChI=1S/C14H9Cl2FN2O/c15-8-3-7-4-12(20-14(7)10(16)5-8)13(18)11-2-1-9(17)6-19-11/h1-6,13H,18H2. The van der Waals surface area contributed by atoms with Gasteiger partial charge in [0.05, 0.1) is 16.9 Å². The van der Waals surface area contributed by atoms with Gasteiger partial charge in [-0.05, 0) is 30.3 Å². The highest BCUT2D eigenvalue weighted by Crippen LogP contribution is 2.33. The van der Waals surface area contributed by atoms with Crippen LogP contribution in [0.5, 0.6) is 0 Å². The summed E-state index contributed by atoms with van der Waals surface area (Å²) in [6.45, 7) is 0. The molecule has 0 aliphatic carbocycles. The number of nitrogens with two attached hydrogens (primary N) is 1. The molecular weight excluding hydrogens is 302 g/mol. The van der Waals surface area contributed by atoms with E-state index in [1.807, 2.05) is 0 Å². The lowest BCUT2D eigenvalue weighted by Crippen LogP contribution is -2.12. The summed E-state index contributed by atoms with van der Waals surface area (Å²) < 4.78 is 18.5. The van der Waals surface area contributed by atoms with Gasteiger partial charge in [-0.3, -0.25) is 4.98 Å². The van der Waals surface area contributed by atoms with Gasteiger partial charge in [0.1, 0.15) is 17.6 Å². The summed E-state index contributed by atoms with van der Waals surface area (Å²) in [5.41, 5.74) is 7.09. The molecule has 0 bridgehead atoms. The van der Waals surface area contributed by atoms with Crippen molar-refractivity contribution in [2.75, 3.05) is 0 Å². The molecular formula is C14H9Cl2FN2O. The summed E-state index contributed by atoms with van der Waals surface area (Å²) in [7, 11) is 0. The van der Waals surface area contributed by atoms with Gasteiger partial charge in [0, 0.05) is 10.4 Å². The maximum atomic E-state index is 12.9. The highest BCUT2D eigenvalue weighted by Gasteiger charge is 2.17. The molecule has 0 amide bonds. The van der Waals surface area contributed by atoms with Crippen LogP contribution >= 0.6 is 23.2 Å². The number of fused-ring (bicyclic) bond motifs is 1. The molecule has 0 radical (unpaired) electrons. The second-order valence-corrected chi connectivity index (χ2v) is 5.18. The maximum absolute atomic E-state index is 12.9. The molecule has 1 atom stereocenters. The molecule has 2 N–H and O–H groups in total. The Labute approximate surface area is 124 Å². The van der Waals surface area contributed by atoms with Crippen molar-refractivity contribution >= 4 is 34.2 Å². The van der Waals surface area contributed by atoms with Crippen molar-refractivity contribution in [1.82, 2.24) is 4.98 Å². The Balaban J connectivity index is 2.05. The third-order valence-corrected chi connectivity index (χ3v) is 3.43. The lowest BCUT2D eigenvalue weighted by molar-refractivity contribution is 0.519. The highest BCUT2D eigenvalue weighted by atomic mass is 35.5. The van der Waals surface area contributed by atoms with E-state index >= 15 is 0 Å². The maximum Gasteiger partial charge on any atom is 0.153 e. The summed E-state index contributed by atoms with van der Waals surface area (Å²) in [4.78, 5) is 3.95. The van der Waals surface area contributed by atoms with Gasteiger partial charge in [0.25, 0.3) is 0 Å². The van der Waals surface area contributed by atoms with Crippen molar-refractivity contribution < 1.29 is 8.81 Å². The third kappa shape index (κ3) is 2.38. The first-order valence-corrected chi connectivity index (χ1v) is 6.56. The van der Waals surface area contributed by atoms with Crippen LogP contribution in [-0.2, 0) is 0 Å². The lowest BCUT2D eigenvalue weighted by Gasteiger charge is -2.07. The molecule has 0 spiro atoms. The number of halogens is 3. The molecule has 0 fully saturated rings. The van der Waals surface area contributed by atoms with Crippen molar-refractivity contribution in [3.63, 3.8) is 0 Å². The van der Waals surface area contributed by atoms with Crippen LogP contribution in [0.3, 0.4) is 0 Å². The van der Waals surface area contributed by atoms with Crippen LogP contribution in [0.2, 0.25) is 10.0 Å². The zero-order valence-corrected chi connectivity index (χ0v) is 11.6. The Hall–Kier alpha value is -1.62. The average Bonchev–Trinajstić information content (AvgIpc) is 2.83. The van der Waals surface area contributed by atoms with E-state index in [0.29, 0.717) is 27.1 Å². The average molecular weight is 311 g/mol. The molecule has 3 rings (SSSR count). The molecule has 1 aromatic carbocycles. The van der Waals surface area contributed by atoms with Gasteiger partial charge >= 0.3 is 0 Å². The van der Waals surface area contributed by atoms with Gasteiger partial charge in [-0.1, -0.05) is 23.2 Å². The van der Waals surface area contributed by atoms with E-state index in [9.17, 15) is 4.39 Å². The molecule has 3 nitrogen and oxygen atoms in total. The zero-order chi connectivity index (χ0) is 14.3. The second-order valence-electron chi connectivity index (χ2n) is 4.33. The SMILES string of the molecule is NC(c1ccc(F)cn1)c1cc2cc(Cl)cc(Cl)c2o1. The van der Waals surface area contributed by atoms with Crippen LogP contribution in [0.1, 0.15) is 17.5 Å². The van der Waals surface area contributed by atoms with Gasteiger partial charge < -0.3 is 10.2 Å². The molecule has 0 saturated heterocycles. The van der Waals surface area contributed by atoms with E-state index < -0.39 is 11.9 Å². The van der Waals surface area contributed by atoms with Gasteiger partial charge in [-0.2, -0.15) is 0 Å². The monoisotopic (exact) mass is 310 g/mol. The van der Waals surface area contributed by atoms with E-state index in [0.717, 1.165) is 11.6 Å². The van der Waals surface area contributed by atoms with Crippen molar-refractivity contribution in [3.05, 3.63) is 63.8 Å². The topological polar surface area (TPSA) is 52.0 Å². The fraction of sp³-hybridized carbons (Fsp3) is 0.0714. The first-order valence-electron chi connectivity index (χ1n) is 5.80. The normalized spacial score (nSPS) is 12.8. The molecule has 0 saturated carbocycles. The first-order chi connectivity index (χ1) is 9.54. The van der Waals surface area contributed by atoms with Gasteiger partial charge in [0.2, 0.25) is 0 Å². The quantitative estimate of drug-likeness (QED) is 0.766. The Morgan fingerprint density at radius 3 is 2.70 bits per heavy atom. The molecule has 2 aromatic heterocycles. The number of aromatic nitrogens is 1. The highest BCUT2D eigenvalue weighted by molar-refractivity contribution is 6.38. The number of nitrogens with zero attached hydrogens (tertiary/aromatic N) is 1. The Bertz CT molecular complexity index is 771. The largest absolute Gasteiger partial charge is 0.457 e. The van der Waals surface area contributed by atoms with Crippen LogP contribution in [-0.4, -0.2) is 4.98 Å². The fourth-order valence-electron chi connectivity index (χ4n) is 1.97. The number of hydrogen-bond acceptors (Lipinski definition) is 3. The first kappa shape index (κ1) is 13.4. The number of furan rings is 1. The number of rotatable bonds is 2. The van der Waals surface area contributed by atoms with E-state index in [1.165, 1.54) is 12.1 Å².